The van der Waals surface area contributed by atoms with Gasteiger partial charge in [0.1, 0.15) is 5.84 Å². The Bertz CT molecular complexity index is 378. The van der Waals surface area contributed by atoms with E-state index < -0.39 is 0 Å². The normalized spacial score (nSPS) is 13.6. The van der Waals surface area contributed by atoms with Gasteiger partial charge < -0.3 is 16.3 Å². The van der Waals surface area contributed by atoms with Crippen LogP contribution in [-0.2, 0) is 0 Å². The molecule has 4 N–H and O–H groups in total. The lowest BCUT2D eigenvalue weighted by Crippen LogP contribution is -2.20. The minimum atomic E-state index is 0.302. The number of oxime groups is 1. The Morgan fingerprint density at radius 2 is 2.06 bits per heavy atom. The first-order valence-electron chi connectivity index (χ1n) is 6.08. The Morgan fingerprint density at radius 3 is 2.67 bits per heavy atom. The predicted octanol–water partition coefficient (Wildman–Crippen LogP) is 3.02. The molecule has 0 aliphatic rings. The molecule has 1 atom stereocenters. The smallest absolute Gasteiger partial charge is 0.139 e. The van der Waals surface area contributed by atoms with Crippen molar-refractivity contribution in [1.82, 2.24) is 5.32 Å². The number of rotatable bonds is 7. The van der Waals surface area contributed by atoms with Crippen LogP contribution in [0.3, 0.4) is 0 Å². The lowest BCUT2D eigenvalue weighted by molar-refractivity contribution is 0.316. The second-order valence-electron chi connectivity index (χ2n) is 4.28. The Morgan fingerprint density at radius 1 is 1.39 bits per heavy atom. The van der Waals surface area contributed by atoms with Gasteiger partial charge in [-0.15, -0.1) is 0 Å². The predicted molar refractivity (Wildman–Crippen MR) is 77.8 cm³/mol. The summed E-state index contributed by atoms with van der Waals surface area (Å²) >= 11 is 3.42. The van der Waals surface area contributed by atoms with Crippen LogP contribution in [0.15, 0.2) is 33.9 Å². The molecule has 0 aliphatic heterocycles. The highest BCUT2D eigenvalue weighted by atomic mass is 79.9. The fraction of sp³-hybridized carbons (Fsp3) is 0.462. The first kappa shape index (κ1) is 15.0. The third-order valence-corrected chi connectivity index (χ3v) is 3.34. The van der Waals surface area contributed by atoms with Crippen LogP contribution < -0.4 is 11.1 Å². The van der Waals surface area contributed by atoms with Gasteiger partial charge in [0.15, 0.2) is 0 Å². The number of nitrogens with zero attached hydrogens (tertiary/aromatic N) is 1. The molecular formula is C13H20BrN3O. The highest BCUT2D eigenvalue weighted by molar-refractivity contribution is 9.10. The molecule has 0 unspecified atom stereocenters. The second-order valence-corrected chi connectivity index (χ2v) is 5.19. The van der Waals surface area contributed by atoms with Gasteiger partial charge in [0, 0.05) is 16.9 Å². The summed E-state index contributed by atoms with van der Waals surface area (Å²) in [6.07, 6.45) is 2.58. The Balaban J connectivity index is 2.21. The van der Waals surface area contributed by atoms with Gasteiger partial charge in [0.05, 0.1) is 0 Å². The quantitative estimate of drug-likeness (QED) is 0.238. The van der Waals surface area contributed by atoms with Crippen molar-refractivity contribution in [2.75, 3.05) is 6.54 Å². The van der Waals surface area contributed by atoms with Gasteiger partial charge in [-0.25, -0.2) is 0 Å². The molecule has 0 spiro atoms. The molecule has 0 aliphatic carbocycles. The average molecular weight is 314 g/mol. The van der Waals surface area contributed by atoms with Crippen LogP contribution in [0.25, 0.3) is 0 Å². The molecule has 1 aromatic rings. The number of unbranched alkanes of at least 4 members (excludes halogenated alkanes) is 1. The summed E-state index contributed by atoms with van der Waals surface area (Å²) < 4.78 is 1.09. The molecule has 100 valence electrons. The monoisotopic (exact) mass is 313 g/mol. The van der Waals surface area contributed by atoms with Crippen LogP contribution in [0.4, 0.5) is 0 Å². The maximum absolute atomic E-state index is 8.39. The van der Waals surface area contributed by atoms with E-state index in [1.54, 1.807) is 0 Å². The van der Waals surface area contributed by atoms with E-state index in [1.165, 1.54) is 5.56 Å². The number of benzene rings is 1. The Labute approximate surface area is 116 Å². The number of hydrogen-bond acceptors (Lipinski definition) is 3. The van der Waals surface area contributed by atoms with E-state index in [4.69, 9.17) is 10.9 Å². The summed E-state index contributed by atoms with van der Waals surface area (Å²) in [4.78, 5) is 0. The van der Waals surface area contributed by atoms with Gasteiger partial charge in [-0.05, 0) is 44.0 Å². The number of amidine groups is 1. The van der Waals surface area contributed by atoms with Crippen molar-refractivity contribution >= 4 is 21.8 Å². The first-order chi connectivity index (χ1) is 8.63. The van der Waals surface area contributed by atoms with E-state index in [-0.39, 0.29) is 0 Å². The van der Waals surface area contributed by atoms with Crippen molar-refractivity contribution in [2.45, 2.75) is 32.2 Å². The van der Waals surface area contributed by atoms with E-state index in [9.17, 15) is 0 Å². The van der Waals surface area contributed by atoms with Crippen LogP contribution >= 0.6 is 15.9 Å². The summed E-state index contributed by atoms with van der Waals surface area (Å²) in [6, 6.07) is 8.65. The van der Waals surface area contributed by atoms with E-state index in [0.717, 1.165) is 23.9 Å². The molecule has 0 saturated heterocycles. The molecule has 4 nitrogen and oxygen atoms in total. The molecule has 18 heavy (non-hydrogen) atoms. The van der Waals surface area contributed by atoms with E-state index in [0.29, 0.717) is 18.3 Å². The average Bonchev–Trinajstić information content (AvgIpc) is 2.38. The third kappa shape index (κ3) is 5.51. The maximum Gasteiger partial charge on any atom is 0.139 e. The largest absolute Gasteiger partial charge is 0.409 e. The van der Waals surface area contributed by atoms with Crippen molar-refractivity contribution in [3.63, 3.8) is 0 Å². The van der Waals surface area contributed by atoms with Crippen molar-refractivity contribution < 1.29 is 5.21 Å². The Hall–Kier alpha value is -1.07. The fourth-order valence-electron chi connectivity index (χ4n) is 1.67. The highest BCUT2D eigenvalue weighted by Crippen LogP contribution is 2.16. The second kappa shape index (κ2) is 8.11. The summed E-state index contributed by atoms with van der Waals surface area (Å²) in [7, 11) is 0. The zero-order valence-corrected chi connectivity index (χ0v) is 12.2. The van der Waals surface area contributed by atoms with E-state index in [2.05, 4.69) is 45.5 Å². The molecule has 0 heterocycles. The van der Waals surface area contributed by atoms with Crippen LogP contribution in [-0.4, -0.2) is 17.6 Å². The van der Waals surface area contributed by atoms with Gasteiger partial charge in [-0.3, -0.25) is 0 Å². The zero-order valence-electron chi connectivity index (χ0n) is 10.6. The first-order valence-corrected chi connectivity index (χ1v) is 6.88. The topological polar surface area (TPSA) is 70.6 Å². The molecule has 0 saturated carbocycles. The minimum absolute atomic E-state index is 0.302. The van der Waals surface area contributed by atoms with Crippen molar-refractivity contribution in [1.29, 1.82) is 0 Å². The molecule has 0 bridgehead atoms. The van der Waals surface area contributed by atoms with Crippen LogP contribution in [0.5, 0.6) is 0 Å². The molecule has 5 heteroatoms. The van der Waals surface area contributed by atoms with E-state index in [1.807, 2.05) is 12.1 Å². The molecule has 0 radical (unpaired) electrons. The van der Waals surface area contributed by atoms with Gasteiger partial charge in [0.2, 0.25) is 0 Å². The van der Waals surface area contributed by atoms with Crippen molar-refractivity contribution in [2.24, 2.45) is 10.9 Å². The molecular weight excluding hydrogens is 294 g/mol. The van der Waals surface area contributed by atoms with Crippen LogP contribution in [0.2, 0.25) is 0 Å². The SMILES string of the molecule is C[C@H](NCCCC/C(N)=N/O)c1ccc(Br)cc1. The zero-order chi connectivity index (χ0) is 13.4. The fourth-order valence-corrected chi connectivity index (χ4v) is 1.93. The standard InChI is InChI=1S/C13H20BrN3O/c1-10(11-5-7-12(14)8-6-11)16-9-3-2-4-13(15)17-18/h5-8,10,16,18H,2-4,9H2,1H3,(H2,15,17)/t10-/m0/s1. The Kier molecular flexibility index (Phi) is 6.75. The van der Waals surface area contributed by atoms with Gasteiger partial charge in [-0.2, -0.15) is 0 Å². The number of hydrogen-bond donors (Lipinski definition) is 3. The summed E-state index contributed by atoms with van der Waals surface area (Å²) in [5.74, 6) is 0.302. The summed E-state index contributed by atoms with van der Waals surface area (Å²) in [5.41, 5.74) is 6.67. The van der Waals surface area contributed by atoms with Gasteiger partial charge in [0.25, 0.3) is 0 Å². The molecule has 0 amide bonds. The summed E-state index contributed by atoms with van der Waals surface area (Å²) in [5, 5.41) is 14.8. The van der Waals surface area contributed by atoms with Crippen molar-refractivity contribution in [3.8, 4) is 0 Å². The number of nitrogens with two attached hydrogens (primary N) is 1. The van der Waals surface area contributed by atoms with Gasteiger partial charge >= 0.3 is 0 Å². The minimum Gasteiger partial charge on any atom is -0.409 e. The van der Waals surface area contributed by atoms with Crippen LogP contribution in [0, 0.1) is 0 Å². The van der Waals surface area contributed by atoms with E-state index >= 15 is 0 Å². The number of nitrogens with one attached hydrogen (secondary N) is 1. The lowest BCUT2D eigenvalue weighted by Gasteiger charge is -2.14. The highest BCUT2D eigenvalue weighted by Gasteiger charge is 2.03. The molecule has 1 rings (SSSR count). The summed E-state index contributed by atoms with van der Waals surface area (Å²) in [6.45, 7) is 3.07. The third-order valence-electron chi connectivity index (χ3n) is 2.81. The van der Waals surface area contributed by atoms with Gasteiger partial charge in [-0.1, -0.05) is 33.2 Å². The molecule has 0 fully saturated rings. The molecule has 1 aromatic carbocycles. The van der Waals surface area contributed by atoms with Crippen molar-refractivity contribution in [3.05, 3.63) is 34.3 Å². The molecule has 0 aromatic heterocycles. The maximum atomic E-state index is 8.39. The lowest BCUT2D eigenvalue weighted by atomic mass is 10.1. The van der Waals surface area contributed by atoms with Crippen LogP contribution in [0.1, 0.15) is 37.8 Å². The number of halogens is 1.